The molecule has 0 aliphatic rings. The van der Waals surface area contributed by atoms with E-state index in [-0.39, 0.29) is 27.9 Å². The largest absolute Gasteiger partial charge is 2.00 e. The van der Waals surface area contributed by atoms with Crippen LogP contribution in [0.25, 0.3) is 75.8 Å². The summed E-state index contributed by atoms with van der Waals surface area (Å²) in [6.45, 7) is 13.4. The zero-order chi connectivity index (χ0) is 40.0. The van der Waals surface area contributed by atoms with Crippen molar-refractivity contribution in [3.05, 3.63) is 180 Å². The molecule has 0 spiro atoms. The minimum Gasteiger partial charge on any atom is -0.654 e. The molecule has 10 rings (SSSR count). The van der Waals surface area contributed by atoms with Gasteiger partial charge in [0.25, 0.3) is 0 Å². The number of rotatable bonds is 4. The number of nitrogens with zero attached hydrogens (tertiary/aromatic N) is 6. The molecule has 0 amide bonds. The van der Waals surface area contributed by atoms with Gasteiger partial charge in [0, 0.05) is 46.3 Å². The monoisotopic (exact) mass is 808 g/mol. The number of hydrogen-bond acceptors (Lipinski definition) is 4. The van der Waals surface area contributed by atoms with Gasteiger partial charge in [0.15, 0.2) is 0 Å². The van der Waals surface area contributed by atoms with Crippen LogP contribution in [0.15, 0.2) is 158 Å². The van der Waals surface area contributed by atoms with E-state index in [1.165, 1.54) is 21.9 Å². The summed E-state index contributed by atoms with van der Waals surface area (Å²) in [6.07, 6.45) is 7.51. The Morgan fingerprint density at radius 1 is 0.356 bits per heavy atom. The van der Waals surface area contributed by atoms with Crippen LogP contribution in [0.1, 0.15) is 52.7 Å². The first-order valence-electron chi connectivity index (χ1n) is 19.8. The Hall–Kier alpha value is -6.40. The number of fused-ring (bicyclic) bond motifs is 8. The van der Waals surface area contributed by atoms with Crippen LogP contribution in [-0.2, 0) is 27.9 Å². The number of benzene rings is 6. The molecule has 0 N–H and O–H groups in total. The summed E-state index contributed by atoms with van der Waals surface area (Å²) in [6, 6.07) is 46.0. The first-order chi connectivity index (χ1) is 28.0. The maximum absolute atomic E-state index is 5.05. The van der Waals surface area contributed by atoms with E-state index in [1.807, 2.05) is 61.2 Å². The van der Waals surface area contributed by atoms with E-state index in [2.05, 4.69) is 149 Å². The van der Waals surface area contributed by atoms with Gasteiger partial charge in [-0.1, -0.05) is 151 Å². The first kappa shape index (κ1) is 39.4. The molecule has 0 fully saturated rings. The molecule has 10 aromatic rings. The van der Waals surface area contributed by atoms with Gasteiger partial charge < -0.3 is 10.6 Å². The van der Waals surface area contributed by atoms with E-state index >= 15 is 0 Å². The number of hydrogen-bond donors (Lipinski definition) is 0. The van der Waals surface area contributed by atoms with Crippen LogP contribution in [-0.4, -0.2) is 19.9 Å². The summed E-state index contributed by atoms with van der Waals surface area (Å²) < 4.78 is 0. The number of para-hydroxylation sites is 2. The third-order valence-electron chi connectivity index (χ3n) is 10.8. The molecule has 4 heterocycles. The van der Waals surface area contributed by atoms with Crippen molar-refractivity contribution in [3.8, 4) is 0 Å². The third kappa shape index (κ3) is 7.80. The maximum atomic E-state index is 5.05. The Bertz CT molecular complexity index is 2940. The normalized spacial score (nSPS) is 11.8. The summed E-state index contributed by atoms with van der Waals surface area (Å²) >= 11 is 0. The summed E-state index contributed by atoms with van der Waals surface area (Å²) in [5.41, 5.74) is 9.66. The number of aromatic nitrogens is 4. The third-order valence-corrected chi connectivity index (χ3v) is 10.8. The van der Waals surface area contributed by atoms with Crippen LogP contribution in [0.4, 0.5) is 22.7 Å². The molecule has 290 valence electrons. The van der Waals surface area contributed by atoms with Gasteiger partial charge in [-0.3, -0.25) is 19.9 Å². The second-order valence-electron chi connectivity index (χ2n) is 16.9. The Kier molecular flexibility index (Phi) is 10.5. The van der Waals surface area contributed by atoms with Gasteiger partial charge in [-0.25, -0.2) is 0 Å². The fourth-order valence-corrected chi connectivity index (χ4v) is 7.55. The molecule has 59 heavy (non-hydrogen) atoms. The second-order valence-corrected chi connectivity index (χ2v) is 16.9. The average Bonchev–Trinajstić information content (AvgIpc) is 3.23. The van der Waals surface area contributed by atoms with Crippen molar-refractivity contribution in [1.29, 1.82) is 0 Å². The predicted octanol–water partition coefficient (Wildman–Crippen LogP) is 15.1. The SMILES string of the molecule is CC(C)(C)c1cc([N-]c2cccc3cccnc23)c2ncc3ccccc3c2c1.CC(C)(C)c1cc([N-]c2cccc3cccnc23)c2ncc3ccccc3c2c1.[Fe+2]. The molecule has 7 heteroatoms. The Morgan fingerprint density at radius 3 is 1.17 bits per heavy atom. The first-order valence-corrected chi connectivity index (χ1v) is 19.8. The van der Waals surface area contributed by atoms with Gasteiger partial charge in [0.2, 0.25) is 0 Å². The minimum atomic E-state index is 0. The van der Waals surface area contributed by atoms with Crippen molar-refractivity contribution >= 4 is 87.9 Å². The molecule has 0 aliphatic carbocycles. The Labute approximate surface area is 355 Å². The van der Waals surface area contributed by atoms with Gasteiger partial charge in [-0.05, 0) is 67.8 Å². The van der Waals surface area contributed by atoms with E-state index in [0.29, 0.717) is 0 Å². The van der Waals surface area contributed by atoms with Crippen LogP contribution in [0.5, 0.6) is 0 Å². The molecular weight excluding hydrogens is 764 g/mol. The minimum absolute atomic E-state index is 0. The van der Waals surface area contributed by atoms with Crippen molar-refractivity contribution in [2.24, 2.45) is 0 Å². The quantitative estimate of drug-likeness (QED) is 0.131. The molecule has 0 atom stereocenters. The molecule has 0 bridgehead atoms. The molecule has 0 unspecified atom stereocenters. The predicted molar refractivity (Wildman–Crippen MR) is 245 cm³/mol. The molecule has 0 saturated carbocycles. The zero-order valence-electron chi connectivity index (χ0n) is 34.0. The van der Waals surface area contributed by atoms with Crippen molar-refractivity contribution in [2.75, 3.05) is 0 Å². The van der Waals surface area contributed by atoms with Gasteiger partial charge in [-0.2, -0.15) is 0 Å². The van der Waals surface area contributed by atoms with E-state index in [4.69, 9.17) is 20.6 Å². The Balaban J connectivity index is 0.000000161. The topological polar surface area (TPSA) is 79.8 Å². The average molecular weight is 809 g/mol. The van der Waals surface area contributed by atoms with Crippen LogP contribution >= 0.6 is 0 Å². The van der Waals surface area contributed by atoms with Crippen LogP contribution in [0.2, 0.25) is 0 Å². The van der Waals surface area contributed by atoms with E-state index in [9.17, 15) is 0 Å². The molecule has 6 aromatic carbocycles. The van der Waals surface area contributed by atoms with Crippen LogP contribution in [0.3, 0.4) is 0 Å². The fraction of sp³-hybridized carbons (Fsp3) is 0.154. The Morgan fingerprint density at radius 2 is 0.746 bits per heavy atom. The van der Waals surface area contributed by atoms with Gasteiger partial charge >= 0.3 is 17.1 Å². The molecule has 0 saturated heterocycles. The van der Waals surface area contributed by atoms with Crippen LogP contribution < -0.4 is 0 Å². The van der Waals surface area contributed by atoms with E-state index in [1.54, 1.807) is 0 Å². The molecule has 6 nitrogen and oxygen atoms in total. The van der Waals surface area contributed by atoms with Crippen molar-refractivity contribution in [2.45, 2.75) is 52.4 Å². The summed E-state index contributed by atoms with van der Waals surface area (Å²) in [5, 5.41) is 19.3. The van der Waals surface area contributed by atoms with Crippen molar-refractivity contribution in [3.63, 3.8) is 0 Å². The van der Waals surface area contributed by atoms with Crippen molar-refractivity contribution in [1.82, 2.24) is 19.9 Å². The molecule has 0 radical (unpaired) electrons. The molecular formula is C52H44FeN6. The fourth-order valence-electron chi connectivity index (χ4n) is 7.55. The smallest absolute Gasteiger partial charge is 0.654 e. The number of pyridine rings is 4. The summed E-state index contributed by atoms with van der Waals surface area (Å²) in [4.78, 5) is 18.7. The maximum Gasteiger partial charge on any atom is 2.00 e. The molecule has 0 aliphatic heterocycles. The van der Waals surface area contributed by atoms with E-state index in [0.717, 1.165) is 77.1 Å². The van der Waals surface area contributed by atoms with Crippen molar-refractivity contribution < 1.29 is 17.1 Å². The van der Waals surface area contributed by atoms with Gasteiger partial charge in [0.1, 0.15) is 0 Å². The van der Waals surface area contributed by atoms with E-state index < -0.39 is 0 Å². The molecule has 4 aromatic heterocycles. The van der Waals surface area contributed by atoms with Gasteiger partial charge in [-0.15, -0.1) is 22.7 Å². The summed E-state index contributed by atoms with van der Waals surface area (Å²) in [7, 11) is 0. The second kappa shape index (κ2) is 15.7. The summed E-state index contributed by atoms with van der Waals surface area (Å²) in [5.74, 6) is 0. The van der Waals surface area contributed by atoms with Gasteiger partial charge in [0.05, 0.1) is 22.1 Å². The van der Waals surface area contributed by atoms with Crippen LogP contribution in [0, 0.1) is 0 Å². The standard InChI is InChI=1S/2C26H22N3.Fe/c2*1-26(2,3)19-14-21-20-11-5-4-8-18(20)16-28-25(21)23(15-19)29-22-12-6-9-17-10-7-13-27-24(17)22;/h2*4-16H,1-3H3;/q2*-1;+2. The zero-order valence-corrected chi connectivity index (χ0v) is 35.2.